The van der Waals surface area contributed by atoms with Crippen LogP contribution in [0.25, 0.3) is 28.2 Å². The maximum absolute atomic E-state index is 12.7. The Balaban J connectivity index is 1.28. The number of carbonyl (C=O) groups is 1. The van der Waals surface area contributed by atoms with Gasteiger partial charge in [0, 0.05) is 29.4 Å². The van der Waals surface area contributed by atoms with Crippen LogP contribution in [0.15, 0.2) is 54.9 Å². The lowest BCUT2D eigenvalue weighted by atomic mass is 9.87. The Morgan fingerprint density at radius 3 is 2.42 bits per heavy atom. The number of fused-ring (bicyclic) bond motifs is 1. The second kappa shape index (κ2) is 12.7. The monoisotopic (exact) mass is 659 g/mol. The van der Waals surface area contributed by atoms with Gasteiger partial charge < -0.3 is 35.8 Å². The minimum Gasteiger partial charge on any atom is -0.394 e. The number of primary amides is 1. The Morgan fingerprint density at radius 2 is 1.76 bits per heavy atom. The smallest absolute Gasteiger partial charge is 0.240 e. The first kappa shape index (κ1) is 31.5. The summed E-state index contributed by atoms with van der Waals surface area (Å²) in [5.74, 6) is 0.388. The maximum Gasteiger partial charge on any atom is 0.240 e. The molecule has 5 atom stereocenters. The molecule has 2 aliphatic heterocycles. The summed E-state index contributed by atoms with van der Waals surface area (Å²) in [7, 11) is 0. The standard InChI is InChI=1S/C29H31Cl2N7O7/c30-15-5-7-16(8-6-15)38-24(17-3-1-2-4-18(17)31)35-20-25(33-14-34-26(20)38)37-11-9-29(10-12-37,28(32)43)36-45-27-23(42)22(41)21(40)19(13-39)44-27/h1-8,14,19,21-23,27,36,39-42H,9-13H2,(H2,32,43)/t19-,21-,22+,23-,27+/m1/s1. The van der Waals surface area contributed by atoms with Gasteiger partial charge in [0.2, 0.25) is 12.2 Å². The van der Waals surface area contributed by atoms with Crippen LogP contribution < -0.4 is 16.1 Å². The van der Waals surface area contributed by atoms with Crippen LogP contribution in [0, 0.1) is 0 Å². The lowest BCUT2D eigenvalue weighted by molar-refractivity contribution is -0.321. The fourth-order valence-corrected chi connectivity index (χ4v) is 5.95. The van der Waals surface area contributed by atoms with E-state index in [1.54, 1.807) is 18.2 Å². The normalized spacial score (nSPS) is 25.0. The minimum atomic E-state index is -1.65. The number of nitrogens with two attached hydrogens (primary N) is 1. The zero-order valence-electron chi connectivity index (χ0n) is 23.7. The third-order valence-corrected chi connectivity index (χ3v) is 8.81. The van der Waals surface area contributed by atoms with Crippen LogP contribution in [0.2, 0.25) is 10.0 Å². The maximum atomic E-state index is 12.7. The third kappa shape index (κ3) is 5.85. The molecule has 2 fully saturated rings. The average molecular weight is 661 g/mol. The quantitative estimate of drug-likeness (QED) is 0.146. The van der Waals surface area contributed by atoms with Gasteiger partial charge in [0.25, 0.3) is 0 Å². The average Bonchev–Trinajstić information content (AvgIpc) is 3.44. The summed E-state index contributed by atoms with van der Waals surface area (Å²) in [4.78, 5) is 34.3. The first-order valence-electron chi connectivity index (χ1n) is 14.2. The SMILES string of the molecule is NC(=O)C1(NO[C@@H]2O[C@H](CO)[C@@H](O)[C@H](O)[C@H]2O)CCN(c2ncnc3c2nc(-c2ccccc2Cl)n3-c2ccc(Cl)cc2)CC1. The molecule has 2 aromatic carbocycles. The van der Waals surface area contributed by atoms with Crippen molar-refractivity contribution in [2.75, 3.05) is 24.6 Å². The van der Waals surface area contributed by atoms with Gasteiger partial charge in [0.1, 0.15) is 42.1 Å². The van der Waals surface area contributed by atoms with Crippen molar-refractivity contribution in [1.82, 2.24) is 25.0 Å². The first-order chi connectivity index (χ1) is 21.6. The van der Waals surface area contributed by atoms with Crippen molar-refractivity contribution in [3.63, 3.8) is 0 Å². The largest absolute Gasteiger partial charge is 0.394 e. The second-order valence-electron chi connectivity index (χ2n) is 10.9. The van der Waals surface area contributed by atoms with E-state index in [1.807, 2.05) is 39.8 Å². The van der Waals surface area contributed by atoms with E-state index in [9.17, 15) is 25.2 Å². The molecule has 2 aromatic heterocycles. The Morgan fingerprint density at radius 1 is 1.04 bits per heavy atom. The fourth-order valence-electron chi connectivity index (χ4n) is 5.60. The van der Waals surface area contributed by atoms with E-state index in [-0.39, 0.29) is 12.8 Å². The molecule has 0 radical (unpaired) electrons. The topological polar surface area (TPSA) is 201 Å². The number of hydrogen-bond donors (Lipinski definition) is 6. The van der Waals surface area contributed by atoms with Crippen LogP contribution in [0.1, 0.15) is 12.8 Å². The van der Waals surface area contributed by atoms with E-state index in [2.05, 4.69) is 15.4 Å². The summed E-state index contributed by atoms with van der Waals surface area (Å²) < 4.78 is 7.27. The van der Waals surface area contributed by atoms with Crippen molar-refractivity contribution in [2.45, 2.75) is 49.1 Å². The molecule has 2 saturated heterocycles. The molecule has 2 aliphatic rings. The number of hydrogen-bond acceptors (Lipinski definition) is 12. The highest BCUT2D eigenvalue weighted by molar-refractivity contribution is 6.33. The zero-order chi connectivity index (χ0) is 31.9. The van der Waals surface area contributed by atoms with Crippen LogP contribution in [0.3, 0.4) is 0 Å². The molecule has 0 unspecified atom stereocenters. The highest BCUT2D eigenvalue weighted by atomic mass is 35.5. The first-order valence-corrected chi connectivity index (χ1v) is 14.9. The number of nitrogens with zero attached hydrogens (tertiary/aromatic N) is 5. The predicted octanol–water partition coefficient (Wildman–Crippen LogP) is 0.935. The van der Waals surface area contributed by atoms with Gasteiger partial charge in [0.05, 0.1) is 11.6 Å². The number of imidazole rings is 1. The van der Waals surface area contributed by atoms with Crippen molar-refractivity contribution in [2.24, 2.45) is 5.73 Å². The van der Waals surface area contributed by atoms with Crippen LogP contribution in [0.5, 0.6) is 0 Å². The molecule has 238 valence electrons. The Labute approximate surface area is 266 Å². The van der Waals surface area contributed by atoms with E-state index in [0.717, 1.165) is 5.69 Å². The molecule has 45 heavy (non-hydrogen) atoms. The highest BCUT2D eigenvalue weighted by Gasteiger charge is 2.47. The van der Waals surface area contributed by atoms with Crippen LogP contribution >= 0.6 is 23.2 Å². The lowest BCUT2D eigenvalue weighted by Crippen LogP contribution is -2.65. The Kier molecular flexibility index (Phi) is 8.94. The molecule has 7 N–H and O–H groups in total. The number of aliphatic hydroxyl groups excluding tert-OH is 4. The van der Waals surface area contributed by atoms with E-state index in [1.165, 1.54) is 6.33 Å². The molecule has 0 saturated carbocycles. The van der Waals surface area contributed by atoms with Gasteiger partial charge in [-0.05, 0) is 49.2 Å². The van der Waals surface area contributed by atoms with Crippen LogP contribution in [0.4, 0.5) is 5.82 Å². The number of rotatable bonds is 8. The summed E-state index contributed by atoms with van der Waals surface area (Å²) in [6, 6.07) is 14.6. The van der Waals surface area contributed by atoms with E-state index in [4.69, 9.17) is 43.5 Å². The summed E-state index contributed by atoms with van der Waals surface area (Å²) in [6.07, 6.45) is -5.74. The van der Waals surface area contributed by atoms with Gasteiger partial charge in [-0.3, -0.25) is 14.2 Å². The fraction of sp³-hybridized carbons (Fsp3) is 0.379. The van der Waals surface area contributed by atoms with Gasteiger partial charge in [-0.2, -0.15) is 5.48 Å². The molecule has 16 heteroatoms. The van der Waals surface area contributed by atoms with Crippen molar-refractivity contribution >= 4 is 46.1 Å². The van der Waals surface area contributed by atoms with Gasteiger partial charge in [-0.15, -0.1) is 0 Å². The molecule has 4 aromatic rings. The molecule has 0 aliphatic carbocycles. The number of carbonyl (C=O) groups excluding carboxylic acids is 1. The number of aromatic nitrogens is 4. The van der Waals surface area contributed by atoms with Gasteiger partial charge in [0.15, 0.2) is 17.0 Å². The molecule has 6 rings (SSSR count). The summed E-state index contributed by atoms with van der Waals surface area (Å²) in [5.41, 5.74) is 9.60. The number of nitrogens with one attached hydrogen (secondary N) is 1. The van der Waals surface area contributed by atoms with Crippen molar-refractivity contribution in [3.05, 3.63) is 64.9 Å². The number of ether oxygens (including phenoxy) is 1. The summed E-state index contributed by atoms with van der Waals surface area (Å²) in [5, 5.41) is 41.0. The number of benzene rings is 2. The number of anilines is 1. The van der Waals surface area contributed by atoms with Crippen LogP contribution in [-0.2, 0) is 14.4 Å². The van der Waals surface area contributed by atoms with E-state index in [0.29, 0.717) is 51.5 Å². The number of piperidine rings is 1. The Bertz CT molecular complexity index is 1680. The van der Waals surface area contributed by atoms with Crippen molar-refractivity contribution in [1.29, 1.82) is 0 Å². The van der Waals surface area contributed by atoms with E-state index >= 15 is 0 Å². The minimum absolute atomic E-state index is 0.167. The molecule has 14 nitrogen and oxygen atoms in total. The van der Waals surface area contributed by atoms with Gasteiger partial charge in [-0.1, -0.05) is 35.3 Å². The zero-order valence-corrected chi connectivity index (χ0v) is 25.2. The molecular formula is C29H31Cl2N7O7. The molecule has 4 heterocycles. The van der Waals surface area contributed by atoms with E-state index < -0.39 is 48.8 Å². The van der Waals surface area contributed by atoms with Crippen molar-refractivity contribution in [3.8, 4) is 17.1 Å². The van der Waals surface area contributed by atoms with Gasteiger partial charge in [-0.25, -0.2) is 15.0 Å². The Hall–Kier alpha value is -3.44. The number of amides is 1. The molecule has 0 spiro atoms. The van der Waals surface area contributed by atoms with Gasteiger partial charge >= 0.3 is 0 Å². The summed E-state index contributed by atoms with van der Waals surface area (Å²) in [6.45, 7) is -0.0231. The second-order valence-corrected chi connectivity index (χ2v) is 11.8. The molecular weight excluding hydrogens is 629 g/mol. The number of aliphatic hydroxyl groups is 4. The predicted molar refractivity (Wildman–Crippen MR) is 163 cm³/mol. The number of hydroxylamine groups is 1. The molecule has 0 bridgehead atoms. The highest BCUT2D eigenvalue weighted by Crippen LogP contribution is 2.36. The van der Waals surface area contributed by atoms with Crippen LogP contribution in [-0.4, -0.2) is 102 Å². The van der Waals surface area contributed by atoms with Crippen molar-refractivity contribution < 1.29 is 34.8 Å². The third-order valence-electron chi connectivity index (χ3n) is 8.23. The number of halogens is 2. The molecule has 1 amide bonds. The summed E-state index contributed by atoms with van der Waals surface area (Å²) >= 11 is 12.8. The lowest BCUT2D eigenvalue weighted by Gasteiger charge is -2.43.